The molecule has 0 radical (unpaired) electrons. The van der Waals surface area contributed by atoms with Gasteiger partial charge in [-0.05, 0) is 178 Å². The molecule has 90 heavy (non-hydrogen) atoms. The molecule has 0 saturated carbocycles. The van der Waals surface area contributed by atoms with Gasteiger partial charge in [0, 0.05) is 32.9 Å². The number of hydrogen-bond donors (Lipinski definition) is 0. The summed E-state index contributed by atoms with van der Waals surface area (Å²) in [6, 6.07) is 48.7. The minimum Gasteiger partial charge on any atom is -0.295 e. The van der Waals surface area contributed by atoms with Crippen molar-refractivity contribution in [1.29, 1.82) is 0 Å². The number of rotatable bonds is 36. The summed E-state index contributed by atoms with van der Waals surface area (Å²) in [6.45, 7) is 19.3. The van der Waals surface area contributed by atoms with Crippen molar-refractivity contribution < 1.29 is 14.4 Å². The zero-order valence-electron chi connectivity index (χ0n) is 57.1. The molecule has 0 aromatic heterocycles. The molecule has 7 aromatic carbocycles. The van der Waals surface area contributed by atoms with Crippen molar-refractivity contribution in [3.05, 3.63) is 177 Å². The van der Waals surface area contributed by atoms with E-state index in [1.807, 2.05) is 36.4 Å². The van der Waals surface area contributed by atoms with Crippen LogP contribution in [0.4, 0.5) is 0 Å². The van der Waals surface area contributed by atoms with E-state index in [1.54, 1.807) is 54.2 Å². The number of hydrogen-bond acceptors (Lipinski definition) is 3. The first-order chi connectivity index (χ1) is 43.9. The van der Waals surface area contributed by atoms with Gasteiger partial charge in [-0.15, -0.1) is 0 Å². The molecule has 0 aliphatic heterocycles. The molecule has 0 atom stereocenters. The van der Waals surface area contributed by atoms with E-state index < -0.39 is 0 Å². The molecule has 0 amide bonds. The van der Waals surface area contributed by atoms with Crippen LogP contribution in [0.3, 0.4) is 0 Å². The van der Waals surface area contributed by atoms with Crippen LogP contribution >= 0.6 is 0 Å². The number of ketones is 3. The monoisotopic (exact) mass is 1200 g/mol. The first kappa shape index (κ1) is 66.5. The second-order valence-corrected chi connectivity index (χ2v) is 28.0. The van der Waals surface area contributed by atoms with Crippen molar-refractivity contribution in [1.82, 2.24) is 0 Å². The number of Topliss-reactive ketones (excluding diaryl/α,β-unsaturated/α-hetero) is 3. The average molecular weight is 1200 g/mol. The summed E-state index contributed by atoms with van der Waals surface area (Å²) < 4.78 is 0. The first-order valence-corrected chi connectivity index (χ1v) is 36.4. The smallest absolute Gasteiger partial charge is 0.159 e. The normalized spacial score (nSPS) is 14.2. The summed E-state index contributed by atoms with van der Waals surface area (Å²) in [5.74, 6) is 0.302. The van der Waals surface area contributed by atoms with Crippen LogP contribution in [-0.2, 0) is 16.2 Å². The predicted molar refractivity (Wildman–Crippen MR) is 384 cm³/mol. The molecular formula is C87H108O3. The maximum Gasteiger partial charge on any atom is 0.159 e. The van der Waals surface area contributed by atoms with Gasteiger partial charge in [-0.3, -0.25) is 14.4 Å². The quantitative estimate of drug-likeness (QED) is 0.0290. The van der Waals surface area contributed by atoms with Gasteiger partial charge in [0.15, 0.2) is 17.3 Å². The summed E-state index contributed by atoms with van der Waals surface area (Å²) in [5.41, 5.74) is 27.4. The van der Waals surface area contributed by atoms with Crippen LogP contribution in [0.1, 0.15) is 319 Å². The highest BCUT2D eigenvalue weighted by molar-refractivity contribution is 6.06. The van der Waals surface area contributed by atoms with Crippen molar-refractivity contribution >= 4 is 17.3 Å². The zero-order chi connectivity index (χ0) is 63.4. The third kappa shape index (κ3) is 13.2. The molecule has 3 heteroatoms. The molecule has 0 saturated heterocycles. The topological polar surface area (TPSA) is 51.2 Å². The van der Waals surface area contributed by atoms with Crippen molar-refractivity contribution in [3.8, 4) is 66.8 Å². The van der Waals surface area contributed by atoms with E-state index in [0.29, 0.717) is 0 Å². The Morgan fingerprint density at radius 1 is 0.256 bits per heavy atom. The summed E-state index contributed by atoms with van der Waals surface area (Å²) in [7, 11) is 0. The van der Waals surface area contributed by atoms with E-state index >= 15 is 0 Å². The second-order valence-electron chi connectivity index (χ2n) is 28.0. The van der Waals surface area contributed by atoms with Crippen molar-refractivity contribution in [2.45, 2.75) is 271 Å². The Morgan fingerprint density at radius 3 is 0.644 bits per heavy atom. The Morgan fingerprint density at radius 2 is 0.456 bits per heavy atom. The Labute approximate surface area is 544 Å². The average Bonchev–Trinajstić information content (AvgIpc) is 1.48. The molecule has 0 N–H and O–H groups in total. The van der Waals surface area contributed by atoms with Crippen molar-refractivity contribution in [2.75, 3.05) is 0 Å². The fourth-order valence-electron chi connectivity index (χ4n) is 17.2. The lowest BCUT2D eigenvalue weighted by Gasteiger charge is -2.40. The van der Waals surface area contributed by atoms with Gasteiger partial charge in [0.05, 0.1) is 0 Å². The van der Waals surface area contributed by atoms with Crippen LogP contribution in [-0.4, -0.2) is 17.3 Å². The van der Waals surface area contributed by atoms with Crippen LogP contribution in [0.2, 0.25) is 0 Å². The lowest BCUT2D eigenvalue weighted by atomic mass is 9.63. The molecule has 0 fully saturated rings. The number of carbonyl (C=O) groups excluding carboxylic acids is 3. The van der Waals surface area contributed by atoms with Crippen molar-refractivity contribution in [2.24, 2.45) is 0 Å². The number of unbranched alkanes of at least 4 members (excludes halogenated alkanes) is 18. The van der Waals surface area contributed by atoms with E-state index in [2.05, 4.69) is 133 Å². The van der Waals surface area contributed by atoms with Crippen LogP contribution in [0.5, 0.6) is 0 Å². The summed E-state index contributed by atoms with van der Waals surface area (Å²) >= 11 is 0. The van der Waals surface area contributed by atoms with Gasteiger partial charge in [0.2, 0.25) is 0 Å². The van der Waals surface area contributed by atoms with Gasteiger partial charge < -0.3 is 0 Å². The molecule has 0 bridgehead atoms. The van der Waals surface area contributed by atoms with Gasteiger partial charge >= 0.3 is 0 Å². The van der Waals surface area contributed by atoms with Crippen LogP contribution in [0.25, 0.3) is 66.8 Å². The molecule has 474 valence electrons. The molecule has 0 spiro atoms. The van der Waals surface area contributed by atoms with E-state index in [-0.39, 0.29) is 33.6 Å². The highest BCUT2D eigenvalue weighted by Gasteiger charge is 2.58. The van der Waals surface area contributed by atoms with E-state index in [1.165, 1.54) is 221 Å². The Hall–Kier alpha value is -6.45. The predicted octanol–water partition coefficient (Wildman–Crippen LogP) is 25.9. The van der Waals surface area contributed by atoms with E-state index in [4.69, 9.17) is 0 Å². The number of fused-ring (bicyclic) bond motifs is 12. The number of benzene rings is 7. The van der Waals surface area contributed by atoms with Gasteiger partial charge in [-0.25, -0.2) is 0 Å². The Bertz CT molecular complexity index is 3170. The van der Waals surface area contributed by atoms with Crippen LogP contribution in [0.15, 0.2) is 127 Å². The highest BCUT2D eigenvalue weighted by atomic mass is 16.1. The van der Waals surface area contributed by atoms with Gasteiger partial charge in [0.1, 0.15) is 0 Å². The minimum atomic E-state index is -0.256. The minimum absolute atomic E-state index is 0.101. The maximum atomic E-state index is 12.8. The molecular weight excluding hydrogens is 1090 g/mol. The summed E-state index contributed by atoms with van der Waals surface area (Å²) in [5, 5.41) is 0. The largest absolute Gasteiger partial charge is 0.295 e. The van der Waals surface area contributed by atoms with Gasteiger partial charge in [-0.2, -0.15) is 0 Å². The lowest BCUT2D eigenvalue weighted by molar-refractivity contribution is 0.100. The molecule has 3 nitrogen and oxygen atoms in total. The highest BCUT2D eigenvalue weighted by Crippen LogP contribution is 2.72. The van der Waals surface area contributed by atoms with Crippen LogP contribution in [0, 0.1) is 0 Å². The molecule has 10 rings (SSSR count). The van der Waals surface area contributed by atoms with Crippen molar-refractivity contribution in [3.63, 3.8) is 0 Å². The van der Waals surface area contributed by atoms with E-state index in [0.717, 1.165) is 55.2 Å². The van der Waals surface area contributed by atoms with Gasteiger partial charge in [-0.1, -0.05) is 305 Å². The Kier molecular flexibility index (Phi) is 22.4. The molecule has 7 aromatic rings. The first-order valence-electron chi connectivity index (χ1n) is 36.4. The van der Waals surface area contributed by atoms with Crippen LogP contribution < -0.4 is 0 Å². The van der Waals surface area contributed by atoms with Gasteiger partial charge in [0.25, 0.3) is 0 Å². The lowest BCUT2D eigenvalue weighted by Crippen LogP contribution is -2.31. The fourth-order valence-corrected chi connectivity index (χ4v) is 17.2. The molecule has 0 heterocycles. The SMILES string of the molecule is CCCCCCC1(CCCCCC)c2cc(-c3ccc(C(C)=O)cc3)ccc2-c2c1c1c(c3c2C(CCCCCC)(CCCCCC)c2cc(-c4ccc(C(C)=O)cc4)ccc2-3)C(CCCCCC)(CCCCCC)c2cc(-c3ccc(C(C)=O)cc3)ccc2-1. The fraction of sp³-hybridized carbons (Fsp3) is 0.483. The molecule has 3 aliphatic carbocycles. The molecule has 3 aliphatic rings. The third-order valence-electron chi connectivity index (χ3n) is 22.0. The Balaban J connectivity index is 1.41. The maximum absolute atomic E-state index is 12.8. The molecule has 0 unspecified atom stereocenters. The summed E-state index contributed by atoms with van der Waals surface area (Å²) in [4.78, 5) is 38.4. The standard InChI is InChI=1S/C87H108O3/c1-10-16-22-28-52-85(53-29-23-17-11-2)76-58-70(67-40-34-64(35-41-67)61(7)88)46-49-73(76)79-82(85)80-74-50-47-71(68-42-36-65(37-43-68)62(8)89)59-77(74)86(54-30-24-18-12-3,55-31-25-19-13-4)84(80)81-75-51-48-72(69-44-38-66(39-45-69)63(9)90)60-78(75)87(83(79)81,56-32-26-20-14-5)57-33-27-21-15-6/h34-51,58-60H,10-33,52-57H2,1-9H3. The third-order valence-corrected chi connectivity index (χ3v) is 22.0. The second kappa shape index (κ2) is 30.3. The van der Waals surface area contributed by atoms with E-state index in [9.17, 15) is 14.4 Å². The zero-order valence-corrected chi connectivity index (χ0v) is 57.1. The summed E-state index contributed by atoms with van der Waals surface area (Å²) in [6.07, 6.45) is 35.7. The number of carbonyl (C=O) groups is 3.